The molecule has 162 valence electrons. The minimum Gasteiger partial charge on any atom is -0.493 e. The Kier molecular flexibility index (Phi) is 8.33. The van der Waals surface area contributed by atoms with Crippen LogP contribution in [-0.2, 0) is 18.4 Å². The van der Waals surface area contributed by atoms with Gasteiger partial charge in [0.1, 0.15) is 12.9 Å². The smallest absolute Gasteiger partial charge is 0.250 e. The average molecular weight is 525 g/mol. The van der Waals surface area contributed by atoms with Gasteiger partial charge < -0.3 is 14.0 Å². The molecular weight excluding hydrogens is 506 g/mol. The normalized spacial score (nSPS) is 11.0. The maximum absolute atomic E-state index is 12.0. The van der Waals surface area contributed by atoms with Crippen molar-refractivity contribution in [1.29, 1.82) is 0 Å². The van der Waals surface area contributed by atoms with Crippen LogP contribution in [-0.4, -0.2) is 39.7 Å². The maximum atomic E-state index is 12.0. The molecule has 0 unspecified atom stereocenters. The molecule has 0 aliphatic rings. The number of hydrogen-bond acceptors (Lipinski definition) is 7. The zero-order valence-electron chi connectivity index (χ0n) is 16.7. The minimum absolute atomic E-state index is 0.172. The number of hydrazone groups is 1. The first-order chi connectivity index (χ1) is 15.0. The van der Waals surface area contributed by atoms with Gasteiger partial charge in [-0.1, -0.05) is 41.6 Å². The molecule has 3 aromatic rings. The first-order valence-corrected chi connectivity index (χ1v) is 11.2. The van der Waals surface area contributed by atoms with Crippen LogP contribution in [0.2, 0.25) is 5.02 Å². The summed E-state index contributed by atoms with van der Waals surface area (Å²) in [6, 6.07) is 11.0. The highest BCUT2D eigenvalue weighted by Crippen LogP contribution is 2.37. The lowest BCUT2D eigenvalue weighted by atomic mass is 10.2. The van der Waals surface area contributed by atoms with Crippen molar-refractivity contribution < 1.29 is 14.3 Å². The van der Waals surface area contributed by atoms with Gasteiger partial charge in [-0.2, -0.15) is 5.10 Å². The van der Waals surface area contributed by atoms with Gasteiger partial charge in [0, 0.05) is 17.6 Å². The van der Waals surface area contributed by atoms with E-state index in [1.165, 1.54) is 18.0 Å². The van der Waals surface area contributed by atoms with Crippen LogP contribution in [0.3, 0.4) is 0 Å². The van der Waals surface area contributed by atoms with Crippen LogP contribution in [0.25, 0.3) is 0 Å². The number of hydrogen-bond donors (Lipinski definition) is 1. The quantitative estimate of drug-likeness (QED) is 0.258. The molecule has 0 aliphatic carbocycles. The third-order valence-electron chi connectivity index (χ3n) is 3.99. The molecule has 1 amide bonds. The van der Waals surface area contributed by atoms with E-state index in [9.17, 15) is 4.79 Å². The van der Waals surface area contributed by atoms with Crippen molar-refractivity contribution in [3.8, 4) is 11.5 Å². The molecule has 0 bridgehead atoms. The summed E-state index contributed by atoms with van der Waals surface area (Å²) < 4.78 is 13.8. The number of aryl methyl sites for hydroxylation is 1. The maximum Gasteiger partial charge on any atom is 0.250 e. The molecule has 8 nitrogen and oxygen atoms in total. The van der Waals surface area contributed by atoms with Crippen molar-refractivity contribution in [3.63, 3.8) is 0 Å². The number of thioether (sulfide) groups is 1. The summed E-state index contributed by atoms with van der Waals surface area (Å²) in [4.78, 5) is 12.0. The lowest BCUT2D eigenvalue weighted by Gasteiger charge is -2.14. The fourth-order valence-electron chi connectivity index (χ4n) is 2.46. The van der Waals surface area contributed by atoms with Gasteiger partial charge in [-0.15, -0.1) is 10.2 Å². The lowest BCUT2D eigenvalue weighted by Crippen LogP contribution is -2.19. The van der Waals surface area contributed by atoms with Gasteiger partial charge in [0.2, 0.25) is 0 Å². The second kappa shape index (κ2) is 11.2. The van der Waals surface area contributed by atoms with Crippen molar-refractivity contribution in [2.45, 2.75) is 11.8 Å². The van der Waals surface area contributed by atoms with E-state index in [1.807, 2.05) is 37.4 Å². The van der Waals surface area contributed by atoms with E-state index in [1.54, 1.807) is 24.1 Å². The Labute approximate surface area is 197 Å². The highest BCUT2D eigenvalue weighted by molar-refractivity contribution is 9.10. The predicted molar refractivity (Wildman–Crippen MR) is 124 cm³/mol. The van der Waals surface area contributed by atoms with Gasteiger partial charge in [0.25, 0.3) is 5.91 Å². The summed E-state index contributed by atoms with van der Waals surface area (Å²) in [6.07, 6.45) is 3.10. The Hall–Kier alpha value is -2.56. The van der Waals surface area contributed by atoms with Gasteiger partial charge in [0.05, 0.1) is 23.5 Å². The molecule has 11 heteroatoms. The van der Waals surface area contributed by atoms with Crippen molar-refractivity contribution >= 4 is 51.4 Å². The number of halogens is 2. The Balaban J connectivity index is 1.60. The van der Waals surface area contributed by atoms with E-state index >= 15 is 0 Å². The summed E-state index contributed by atoms with van der Waals surface area (Å²) >= 11 is 11.0. The van der Waals surface area contributed by atoms with E-state index in [0.29, 0.717) is 32.8 Å². The first kappa shape index (κ1) is 23.1. The highest BCUT2D eigenvalue weighted by atomic mass is 79.9. The monoisotopic (exact) mass is 523 g/mol. The van der Waals surface area contributed by atoms with Crippen LogP contribution < -0.4 is 14.9 Å². The van der Waals surface area contributed by atoms with Crippen LogP contribution in [0.1, 0.15) is 11.1 Å². The molecule has 0 spiro atoms. The zero-order chi connectivity index (χ0) is 22.2. The number of nitrogens with one attached hydrogen (secondary N) is 1. The molecule has 0 radical (unpaired) electrons. The van der Waals surface area contributed by atoms with Crippen LogP contribution in [0, 0.1) is 0 Å². The van der Waals surface area contributed by atoms with Crippen LogP contribution >= 0.6 is 39.3 Å². The first-order valence-electron chi connectivity index (χ1n) is 9.00. The molecule has 0 fully saturated rings. The topological polar surface area (TPSA) is 90.6 Å². The van der Waals surface area contributed by atoms with Crippen molar-refractivity contribution in [2.24, 2.45) is 12.1 Å². The van der Waals surface area contributed by atoms with E-state index in [-0.39, 0.29) is 11.7 Å². The number of ether oxygens (including phenoxy) is 2. The van der Waals surface area contributed by atoms with Gasteiger partial charge in [-0.05, 0) is 39.7 Å². The number of amides is 1. The number of rotatable bonds is 9. The van der Waals surface area contributed by atoms with E-state index < -0.39 is 0 Å². The molecule has 0 saturated heterocycles. The second-order valence-electron chi connectivity index (χ2n) is 6.22. The van der Waals surface area contributed by atoms with Crippen LogP contribution in [0.4, 0.5) is 0 Å². The molecule has 0 saturated carbocycles. The number of methoxy groups -OCH3 is 1. The number of benzene rings is 2. The fraction of sp³-hybridized carbons (Fsp3) is 0.200. The number of nitrogens with zero attached hydrogens (tertiary/aromatic N) is 4. The molecule has 3 rings (SSSR count). The summed E-state index contributed by atoms with van der Waals surface area (Å²) in [7, 11) is 3.36. The highest BCUT2D eigenvalue weighted by Gasteiger charge is 2.12. The molecular formula is C20H19BrClN5O3S. The Morgan fingerprint density at radius 2 is 2.19 bits per heavy atom. The fourth-order valence-corrected chi connectivity index (χ4v) is 3.91. The zero-order valence-corrected chi connectivity index (χ0v) is 19.9. The summed E-state index contributed by atoms with van der Waals surface area (Å²) in [5.74, 6) is 0.983. The summed E-state index contributed by atoms with van der Waals surface area (Å²) in [5, 5.41) is 13.0. The number of aromatic nitrogens is 3. The second-order valence-corrected chi connectivity index (χ2v) is 8.42. The third kappa shape index (κ3) is 6.46. The largest absolute Gasteiger partial charge is 0.493 e. The van der Waals surface area contributed by atoms with Gasteiger partial charge in [0.15, 0.2) is 16.7 Å². The van der Waals surface area contributed by atoms with Gasteiger partial charge in [-0.25, -0.2) is 5.43 Å². The number of carbonyl (C=O) groups is 1. The Morgan fingerprint density at radius 3 is 2.90 bits per heavy atom. The molecule has 1 aromatic heterocycles. The van der Waals surface area contributed by atoms with Gasteiger partial charge in [-0.3, -0.25) is 4.79 Å². The number of carbonyl (C=O) groups excluding carboxylic acids is 1. The molecule has 0 atom stereocenters. The summed E-state index contributed by atoms with van der Waals surface area (Å²) in [6.45, 7) is 0.293. The van der Waals surface area contributed by atoms with Crippen molar-refractivity contribution in [2.75, 3.05) is 12.9 Å². The van der Waals surface area contributed by atoms with E-state index in [4.69, 9.17) is 21.1 Å². The standard InChI is InChI=1S/C20H19BrClN5O3S/c1-27-12-24-26-20(27)31-11-18(28)25-23-9-13-7-15(21)19(17(8-13)29-2)30-10-14-5-3-4-6-16(14)22/h3-9,12H,10-11H2,1-2H3,(H,25,28)/b23-9+. The molecule has 1 N–H and O–H groups in total. The van der Waals surface area contributed by atoms with E-state index in [0.717, 1.165) is 11.1 Å². The summed E-state index contributed by atoms with van der Waals surface area (Å²) in [5.41, 5.74) is 4.07. The van der Waals surface area contributed by atoms with Crippen molar-refractivity contribution in [1.82, 2.24) is 20.2 Å². The van der Waals surface area contributed by atoms with Gasteiger partial charge >= 0.3 is 0 Å². The minimum atomic E-state index is -0.255. The lowest BCUT2D eigenvalue weighted by molar-refractivity contribution is -0.118. The van der Waals surface area contributed by atoms with Crippen LogP contribution in [0.15, 0.2) is 57.5 Å². The van der Waals surface area contributed by atoms with Crippen molar-refractivity contribution in [3.05, 3.63) is 63.3 Å². The Bertz CT molecular complexity index is 1090. The predicted octanol–water partition coefficient (Wildman–Crippen LogP) is 4.06. The third-order valence-corrected chi connectivity index (χ3v) is 5.98. The average Bonchev–Trinajstić information content (AvgIpc) is 3.17. The SMILES string of the molecule is COc1cc(/C=N/NC(=O)CSc2nncn2C)cc(Br)c1OCc1ccccc1Cl. The molecule has 0 aliphatic heterocycles. The Morgan fingerprint density at radius 1 is 1.39 bits per heavy atom. The molecule has 31 heavy (non-hydrogen) atoms. The molecule has 2 aromatic carbocycles. The molecule has 1 heterocycles. The van der Waals surface area contributed by atoms with E-state index in [2.05, 4.69) is 36.7 Å². The van der Waals surface area contributed by atoms with Crippen LogP contribution in [0.5, 0.6) is 11.5 Å².